The highest BCUT2D eigenvalue weighted by Crippen LogP contribution is 2.39. The van der Waals surface area contributed by atoms with E-state index in [1.807, 2.05) is 0 Å². The molecule has 0 aliphatic carbocycles. The van der Waals surface area contributed by atoms with Crippen LogP contribution in [0.3, 0.4) is 0 Å². The van der Waals surface area contributed by atoms with Crippen LogP contribution in [0.2, 0.25) is 0 Å². The molecule has 0 bridgehead atoms. The predicted octanol–water partition coefficient (Wildman–Crippen LogP) is 1.14. The van der Waals surface area contributed by atoms with E-state index < -0.39 is 22.1 Å². The van der Waals surface area contributed by atoms with Crippen molar-refractivity contribution in [2.75, 3.05) is 26.2 Å². The number of phenols is 2. The van der Waals surface area contributed by atoms with Gasteiger partial charge in [0.1, 0.15) is 0 Å². The monoisotopic (exact) mass is 279 g/mol. The first kappa shape index (κ1) is 14.3. The number of nitro groups is 1. The number of benzene rings is 1. The molecule has 1 saturated heterocycles. The lowest BCUT2D eigenvalue weighted by molar-refractivity contribution is -0.386. The second kappa shape index (κ2) is 5.89. The van der Waals surface area contributed by atoms with Crippen molar-refractivity contribution in [3.63, 3.8) is 0 Å². The Hall–Kier alpha value is -2.12. The Labute approximate surface area is 116 Å². The maximum absolute atomic E-state index is 10.9. The summed E-state index contributed by atoms with van der Waals surface area (Å²) in [4.78, 5) is 12.3. The highest BCUT2D eigenvalue weighted by molar-refractivity contribution is 5.57. The maximum Gasteiger partial charge on any atom is 0.314 e. The van der Waals surface area contributed by atoms with Crippen molar-refractivity contribution in [3.8, 4) is 11.5 Å². The molecule has 1 aromatic carbocycles. The van der Waals surface area contributed by atoms with Gasteiger partial charge in [-0.3, -0.25) is 15.0 Å². The van der Waals surface area contributed by atoms with E-state index in [1.165, 1.54) is 12.1 Å². The van der Waals surface area contributed by atoms with Crippen molar-refractivity contribution in [1.29, 1.82) is 0 Å². The number of nitrogens with zero attached hydrogens (tertiary/aromatic N) is 2. The summed E-state index contributed by atoms with van der Waals surface area (Å²) in [7, 11) is 0. The number of hydrogen-bond acceptors (Lipinski definition) is 6. The first-order chi connectivity index (χ1) is 9.54. The van der Waals surface area contributed by atoms with Gasteiger partial charge < -0.3 is 15.5 Å². The maximum atomic E-state index is 10.9. The van der Waals surface area contributed by atoms with Crippen LogP contribution in [-0.4, -0.2) is 46.2 Å². The van der Waals surface area contributed by atoms with Crippen molar-refractivity contribution >= 4 is 5.69 Å². The summed E-state index contributed by atoms with van der Waals surface area (Å²) in [5.41, 5.74) is 0.0471. The van der Waals surface area contributed by atoms with Crippen LogP contribution >= 0.6 is 0 Å². The topological polar surface area (TPSA) is 98.9 Å². The summed E-state index contributed by atoms with van der Waals surface area (Å²) in [6.45, 7) is 6.99. The number of rotatable bonds is 4. The Bertz CT molecular complexity index is 527. The molecular weight excluding hydrogens is 262 g/mol. The van der Waals surface area contributed by atoms with Crippen molar-refractivity contribution in [2.24, 2.45) is 0 Å². The number of aromatic hydroxyl groups is 2. The molecule has 0 aromatic heterocycles. The van der Waals surface area contributed by atoms with Gasteiger partial charge in [-0.2, -0.15) is 0 Å². The molecule has 2 rings (SSSR count). The average molecular weight is 279 g/mol. The van der Waals surface area contributed by atoms with Gasteiger partial charge in [-0.1, -0.05) is 6.08 Å². The van der Waals surface area contributed by atoms with Gasteiger partial charge in [-0.05, 0) is 11.6 Å². The van der Waals surface area contributed by atoms with Gasteiger partial charge in [0, 0.05) is 32.2 Å². The second-order valence-corrected chi connectivity index (χ2v) is 4.63. The van der Waals surface area contributed by atoms with E-state index in [0.717, 1.165) is 26.2 Å². The lowest BCUT2D eigenvalue weighted by Crippen LogP contribution is -2.44. The minimum absolute atomic E-state index is 0.234. The molecule has 0 spiro atoms. The molecule has 1 aliphatic heterocycles. The fourth-order valence-electron chi connectivity index (χ4n) is 2.39. The summed E-state index contributed by atoms with van der Waals surface area (Å²) in [6, 6.07) is 2.39. The highest BCUT2D eigenvalue weighted by Gasteiger charge is 2.25. The van der Waals surface area contributed by atoms with Gasteiger partial charge in [-0.15, -0.1) is 6.58 Å². The van der Waals surface area contributed by atoms with Crippen molar-refractivity contribution in [3.05, 3.63) is 40.5 Å². The zero-order chi connectivity index (χ0) is 14.7. The van der Waals surface area contributed by atoms with Crippen LogP contribution in [0.15, 0.2) is 24.8 Å². The minimum atomic E-state index is -0.712. The minimum Gasteiger partial charge on any atom is -0.504 e. The highest BCUT2D eigenvalue weighted by atomic mass is 16.6. The molecule has 1 aliphatic rings. The van der Waals surface area contributed by atoms with Crippen LogP contribution in [0.25, 0.3) is 0 Å². The Morgan fingerprint density at radius 1 is 1.40 bits per heavy atom. The average Bonchev–Trinajstić information content (AvgIpc) is 2.44. The van der Waals surface area contributed by atoms with Crippen molar-refractivity contribution in [1.82, 2.24) is 10.2 Å². The Morgan fingerprint density at radius 2 is 2.05 bits per heavy atom. The van der Waals surface area contributed by atoms with Gasteiger partial charge in [0.2, 0.25) is 5.75 Å². The third kappa shape index (κ3) is 2.73. The van der Waals surface area contributed by atoms with Crippen LogP contribution < -0.4 is 5.32 Å². The standard InChI is InChI=1S/C13H17N3O4/c1-2-10(15-5-3-14-4-6-15)9-7-11(16(19)20)13(18)12(17)8-9/h2,7-8,10,14,17-18H,1,3-6H2/t10-/m0/s1. The van der Waals surface area contributed by atoms with Gasteiger partial charge >= 0.3 is 5.69 Å². The van der Waals surface area contributed by atoms with Crippen molar-refractivity contribution in [2.45, 2.75) is 6.04 Å². The lowest BCUT2D eigenvalue weighted by atomic mass is 10.0. The molecule has 3 N–H and O–H groups in total. The lowest BCUT2D eigenvalue weighted by Gasteiger charge is -2.33. The molecule has 1 atom stereocenters. The molecular formula is C13H17N3O4. The summed E-state index contributed by atoms with van der Waals surface area (Å²) in [6.07, 6.45) is 1.68. The quantitative estimate of drug-likeness (QED) is 0.331. The summed E-state index contributed by atoms with van der Waals surface area (Å²) < 4.78 is 0. The second-order valence-electron chi connectivity index (χ2n) is 4.63. The molecule has 20 heavy (non-hydrogen) atoms. The number of hydrogen-bond donors (Lipinski definition) is 3. The first-order valence-corrected chi connectivity index (χ1v) is 6.32. The number of phenolic OH excluding ortho intramolecular Hbond substituents is 2. The van der Waals surface area contributed by atoms with E-state index in [4.69, 9.17) is 0 Å². The molecule has 0 unspecified atom stereocenters. The van der Waals surface area contributed by atoms with E-state index in [2.05, 4.69) is 16.8 Å². The molecule has 7 heteroatoms. The molecule has 108 valence electrons. The number of nitro benzene ring substituents is 1. The van der Waals surface area contributed by atoms with Gasteiger partial charge in [0.25, 0.3) is 0 Å². The van der Waals surface area contributed by atoms with E-state index in [1.54, 1.807) is 6.08 Å². The Balaban J connectivity index is 2.38. The summed E-state index contributed by atoms with van der Waals surface area (Å²) in [5.74, 6) is -1.20. The van der Waals surface area contributed by atoms with Gasteiger partial charge in [0.05, 0.1) is 11.0 Å². The summed E-state index contributed by atoms with van der Waals surface area (Å²) >= 11 is 0. The van der Waals surface area contributed by atoms with Crippen LogP contribution in [0, 0.1) is 10.1 Å². The number of piperazine rings is 1. The summed E-state index contributed by atoms with van der Waals surface area (Å²) in [5, 5.41) is 33.3. The van der Waals surface area contributed by atoms with Crippen LogP contribution in [0.4, 0.5) is 5.69 Å². The largest absolute Gasteiger partial charge is 0.504 e. The van der Waals surface area contributed by atoms with E-state index in [9.17, 15) is 20.3 Å². The molecule has 1 heterocycles. The van der Waals surface area contributed by atoms with Crippen molar-refractivity contribution < 1.29 is 15.1 Å². The molecule has 0 radical (unpaired) electrons. The fraction of sp³-hybridized carbons (Fsp3) is 0.385. The van der Waals surface area contributed by atoms with Gasteiger partial charge in [0.15, 0.2) is 5.75 Å². The zero-order valence-electron chi connectivity index (χ0n) is 11.0. The van der Waals surface area contributed by atoms with Crippen LogP contribution in [0.5, 0.6) is 11.5 Å². The van der Waals surface area contributed by atoms with Gasteiger partial charge in [-0.25, -0.2) is 0 Å². The van der Waals surface area contributed by atoms with E-state index >= 15 is 0 Å². The normalized spacial score (nSPS) is 17.6. The van der Waals surface area contributed by atoms with E-state index in [0.29, 0.717) is 5.56 Å². The molecule has 0 amide bonds. The first-order valence-electron chi connectivity index (χ1n) is 6.32. The molecule has 1 aromatic rings. The zero-order valence-corrected chi connectivity index (χ0v) is 11.0. The predicted molar refractivity (Wildman–Crippen MR) is 73.8 cm³/mol. The van der Waals surface area contributed by atoms with E-state index in [-0.39, 0.29) is 6.04 Å². The molecule has 0 saturated carbocycles. The third-order valence-corrected chi connectivity index (χ3v) is 3.40. The third-order valence-electron chi connectivity index (χ3n) is 3.40. The Kier molecular flexibility index (Phi) is 4.21. The smallest absolute Gasteiger partial charge is 0.314 e. The van der Waals surface area contributed by atoms with Crippen LogP contribution in [-0.2, 0) is 0 Å². The van der Waals surface area contributed by atoms with Crippen LogP contribution in [0.1, 0.15) is 11.6 Å². The molecule has 7 nitrogen and oxygen atoms in total. The SMILES string of the molecule is C=C[C@@H](c1cc(O)c(O)c([N+](=O)[O-])c1)N1CCNCC1. The Morgan fingerprint density at radius 3 is 2.60 bits per heavy atom. The molecule has 1 fully saturated rings. The number of nitrogens with one attached hydrogen (secondary N) is 1. The fourth-order valence-corrected chi connectivity index (χ4v) is 2.39.